The Balaban J connectivity index is 4.25. The molecule has 0 aliphatic carbocycles. The van der Waals surface area contributed by atoms with Gasteiger partial charge in [-0.15, -0.1) is 0 Å². The van der Waals surface area contributed by atoms with Crippen molar-refractivity contribution in [1.29, 1.82) is 0 Å². The summed E-state index contributed by atoms with van der Waals surface area (Å²) < 4.78 is 18.8. The van der Waals surface area contributed by atoms with Crippen molar-refractivity contribution in [3.8, 4) is 0 Å². The SMILES string of the molecule is C=C[Si](OCCCCCCCC)(OCCCCCCCC)OCCCCCCCC. The zero-order valence-corrected chi connectivity index (χ0v) is 21.9. The first-order valence-corrected chi connectivity index (χ1v) is 15.1. The topological polar surface area (TPSA) is 27.7 Å². The lowest BCUT2D eigenvalue weighted by atomic mass is 10.1. The fourth-order valence-electron chi connectivity index (χ4n) is 3.59. The Morgan fingerprint density at radius 2 is 0.733 bits per heavy atom. The van der Waals surface area contributed by atoms with Gasteiger partial charge in [-0.25, -0.2) is 0 Å². The van der Waals surface area contributed by atoms with Gasteiger partial charge in [0.15, 0.2) is 0 Å². The van der Waals surface area contributed by atoms with Crippen LogP contribution >= 0.6 is 0 Å². The summed E-state index contributed by atoms with van der Waals surface area (Å²) in [5.41, 5.74) is 1.86. The third-order valence-corrected chi connectivity index (χ3v) is 7.97. The predicted octanol–water partition coefficient (Wildman–Crippen LogP) is 8.78. The molecule has 0 aromatic heterocycles. The summed E-state index contributed by atoms with van der Waals surface area (Å²) in [5.74, 6) is 0. The molecule has 0 fully saturated rings. The van der Waals surface area contributed by atoms with Gasteiger partial charge < -0.3 is 13.3 Å². The highest BCUT2D eigenvalue weighted by Gasteiger charge is 2.37. The highest BCUT2D eigenvalue weighted by atomic mass is 28.4. The van der Waals surface area contributed by atoms with Crippen molar-refractivity contribution in [2.45, 2.75) is 136 Å². The van der Waals surface area contributed by atoms with Crippen LogP contribution in [0.1, 0.15) is 136 Å². The summed E-state index contributed by atoms with van der Waals surface area (Å²) in [6, 6.07) is 0. The van der Waals surface area contributed by atoms with Crippen LogP contribution in [0.25, 0.3) is 0 Å². The molecule has 0 saturated carbocycles. The molecule has 3 nitrogen and oxygen atoms in total. The lowest BCUT2D eigenvalue weighted by Crippen LogP contribution is -2.45. The molecular formula is C26H54O3Si. The average molecular weight is 443 g/mol. The van der Waals surface area contributed by atoms with E-state index in [1.165, 1.54) is 96.3 Å². The van der Waals surface area contributed by atoms with E-state index in [2.05, 4.69) is 27.4 Å². The van der Waals surface area contributed by atoms with Gasteiger partial charge in [0.2, 0.25) is 0 Å². The highest BCUT2D eigenvalue weighted by molar-refractivity contribution is 6.66. The van der Waals surface area contributed by atoms with Gasteiger partial charge in [-0.1, -0.05) is 124 Å². The molecule has 0 atom stereocenters. The standard InChI is InChI=1S/C26H54O3Si/c1-5-9-12-15-18-21-24-27-30(8-4,28-25-22-19-16-13-10-6-2)29-26-23-20-17-14-11-7-3/h8H,4-7,9-26H2,1-3H3. The molecule has 0 saturated heterocycles. The second-order valence-electron chi connectivity index (χ2n) is 8.66. The van der Waals surface area contributed by atoms with Crippen LogP contribution in [-0.2, 0) is 13.3 Å². The van der Waals surface area contributed by atoms with Gasteiger partial charge in [-0.3, -0.25) is 0 Å². The summed E-state index contributed by atoms with van der Waals surface area (Å²) in [7, 11) is -2.73. The quantitative estimate of drug-likeness (QED) is 0.104. The Bertz CT molecular complexity index is 304. The summed E-state index contributed by atoms with van der Waals surface area (Å²) in [4.78, 5) is 0. The van der Waals surface area contributed by atoms with Crippen molar-refractivity contribution in [2.75, 3.05) is 19.8 Å². The second kappa shape index (κ2) is 23.5. The van der Waals surface area contributed by atoms with Crippen molar-refractivity contribution in [3.05, 3.63) is 12.3 Å². The van der Waals surface area contributed by atoms with Crippen molar-refractivity contribution < 1.29 is 13.3 Å². The van der Waals surface area contributed by atoms with E-state index in [-0.39, 0.29) is 0 Å². The van der Waals surface area contributed by atoms with Crippen LogP contribution in [0.3, 0.4) is 0 Å². The van der Waals surface area contributed by atoms with Gasteiger partial charge in [0, 0.05) is 19.8 Å². The third-order valence-electron chi connectivity index (χ3n) is 5.65. The number of rotatable bonds is 25. The molecule has 180 valence electrons. The smallest absolute Gasteiger partial charge is 0.370 e. The van der Waals surface area contributed by atoms with Gasteiger partial charge in [0.05, 0.1) is 0 Å². The van der Waals surface area contributed by atoms with E-state index in [1.807, 2.05) is 5.70 Å². The Morgan fingerprint density at radius 3 is 1.00 bits per heavy atom. The van der Waals surface area contributed by atoms with Gasteiger partial charge in [-0.2, -0.15) is 0 Å². The van der Waals surface area contributed by atoms with Crippen LogP contribution in [-0.4, -0.2) is 28.6 Å². The molecule has 0 heterocycles. The van der Waals surface area contributed by atoms with Crippen LogP contribution in [0.15, 0.2) is 12.3 Å². The zero-order valence-electron chi connectivity index (χ0n) is 20.9. The molecule has 4 heteroatoms. The van der Waals surface area contributed by atoms with Gasteiger partial charge in [-0.05, 0) is 25.0 Å². The predicted molar refractivity (Wildman–Crippen MR) is 134 cm³/mol. The molecule has 0 rings (SSSR count). The molecule has 0 spiro atoms. The Labute approximate surface area is 190 Å². The largest absolute Gasteiger partial charge is 0.529 e. The first kappa shape index (κ1) is 29.8. The van der Waals surface area contributed by atoms with Crippen molar-refractivity contribution >= 4 is 8.80 Å². The van der Waals surface area contributed by atoms with Gasteiger partial charge in [0.25, 0.3) is 0 Å². The maximum Gasteiger partial charge on any atom is 0.529 e. The molecule has 30 heavy (non-hydrogen) atoms. The summed E-state index contributed by atoms with van der Waals surface area (Å²) >= 11 is 0. The number of hydrogen-bond acceptors (Lipinski definition) is 3. The fourth-order valence-corrected chi connectivity index (χ4v) is 5.48. The average Bonchev–Trinajstić information content (AvgIpc) is 2.76. The minimum absolute atomic E-state index is 0.733. The molecule has 0 aliphatic rings. The Hall–Kier alpha value is -0.163. The zero-order chi connectivity index (χ0) is 22.2. The Morgan fingerprint density at radius 1 is 0.467 bits per heavy atom. The maximum absolute atomic E-state index is 6.25. The van der Waals surface area contributed by atoms with Crippen LogP contribution in [0.5, 0.6) is 0 Å². The van der Waals surface area contributed by atoms with Gasteiger partial charge >= 0.3 is 8.80 Å². The lowest BCUT2D eigenvalue weighted by molar-refractivity contribution is 0.0673. The molecule has 0 amide bonds. The molecule has 0 bridgehead atoms. The van der Waals surface area contributed by atoms with E-state index in [1.54, 1.807) is 0 Å². The van der Waals surface area contributed by atoms with Crippen molar-refractivity contribution in [2.24, 2.45) is 0 Å². The highest BCUT2D eigenvalue weighted by Crippen LogP contribution is 2.16. The Kier molecular flexibility index (Phi) is 23.4. The molecule has 0 aromatic carbocycles. The summed E-state index contributed by atoms with van der Waals surface area (Å²) in [6.07, 6.45) is 22.8. The molecule has 0 N–H and O–H groups in total. The minimum Gasteiger partial charge on any atom is -0.370 e. The van der Waals surface area contributed by atoms with E-state index < -0.39 is 8.80 Å². The van der Waals surface area contributed by atoms with E-state index in [4.69, 9.17) is 13.3 Å². The molecule has 0 aromatic rings. The van der Waals surface area contributed by atoms with Crippen LogP contribution in [0.2, 0.25) is 0 Å². The number of hydrogen-bond donors (Lipinski definition) is 0. The van der Waals surface area contributed by atoms with E-state index >= 15 is 0 Å². The molecule has 0 aliphatic heterocycles. The first-order valence-electron chi connectivity index (χ1n) is 13.3. The molecule has 0 unspecified atom stereocenters. The number of unbranched alkanes of at least 4 members (excludes halogenated alkanes) is 15. The van der Waals surface area contributed by atoms with E-state index in [9.17, 15) is 0 Å². The van der Waals surface area contributed by atoms with E-state index in [0.717, 1.165) is 39.1 Å². The van der Waals surface area contributed by atoms with Crippen LogP contribution in [0.4, 0.5) is 0 Å². The van der Waals surface area contributed by atoms with Crippen molar-refractivity contribution in [3.63, 3.8) is 0 Å². The monoisotopic (exact) mass is 442 g/mol. The van der Waals surface area contributed by atoms with Crippen LogP contribution < -0.4 is 0 Å². The molecule has 0 radical (unpaired) electrons. The van der Waals surface area contributed by atoms with Gasteiger partial charge in [0.1, 0.15) is 0 Å². The van der Waals surface area contributed by atoms with E-state index in [0.29, 0.717) is 0 Å². The maximum atomic E-state index is 6.25. The summed E-state index contributed by atoms with van der Waals surface area (Å²) in [5, 5.41) is 0. The normalized spacial score (nSPS) is 11.8. The second-order valence-corrected chi connectivity index (χ2v) is 11.1. The fraction of sp³-hybridized carbons (Fsp3) is 0.923. The molecular weight excluding hydrogens is 388 g/mol. The summed E-state index contributed by atoms with van der Waals surface area (Å²) in [6.45, 7) is 13.0. The minimum atomic E-state index is -2.73. The van der Waals surface area contributed by atoms with Crippen LogP contribution in [0, 0.1) is 0 Å². The van der Waals surface area contributed by atoms with Crippen molar-refractivity contribution in [1.82, 2.24) is 0 Å². The third kappa shape index (κ3) is 18.6. The first-order chi connectivity index (χ1) is 14.7. The lowest BCUT2D eigenvalue weighted by Gasteiger charge is -2.27.